The van der Waals surface area contributed by atoms with Crippen LogP contribution in [0.4, 0.5) is 0 Å². The van der Waals surface area contributed by atoms with Crippen molar-refractivity contribution < 1.29 is 4.74 Å². The molecule has 0 aliphatic heterocycles. The highest BCUT2D eigenvalue weighted by Crippen LogP contribution is 2.15. The van der Waals surface area contributed by atoms with Crippen molar-refractivity contribution in [1.82, 2.24) is 4.98 Å². The highest BCUT2D eigenvalue weighted by atomic mass is 16.5. The van der Waals surface area contributed by atoms with Crippen LogP contribution in [0.25, 0.3) is 5.57 Å². The van der Waals surface area contributed by atoms with Gasteiger partial charge in [-0.1, -0.05) is 13.2 Å². The molecule has 0 aromatic carbocycles. The summed E-state index contributed by atoms with van der Waals surface area (Å²) < 4.78 is 5.03. The fraction of sp³-hybridized carbons (Fsp3) is 0.0833. The third-order valence-electron chi connectivity index (χ3n) is 1.82. The van der Waals surface area contributed by atoms with E-state index in [2.05, 4.69) is 23.1 Å². The van der Waals surface area contributed by atoms with Crippen LogP contribution < -0.4 is 4.74 Å². The molecule has 1 heterocycles. The Kier molecular flexibility index (Phi) is 3.98. The van der Waals surface area contributed by atoms with Crippen molar-refractivity contribution in [2.45, 2.75) is 0 Å². The van der Waals surface area contributed by atoms with E-state index in [0.29, 0.717) is 11.3 Å². The Balaban J connectivity index is 2.85. The summed E-state index contributed by atoms with van der Waals surface area (Å²) in [6, 6.07) is 3.61. The summed E-state index contributed by atoms with van der Waals surface area (Å²) in [6.45, 7) is 7.24. The van der Waals surface area contributed by atoms with Crippen LogP contribution >= 0.6 is 0 Å². The topological polar surface area (TPSA) is 58.3 Å². The molecule has 0 bridgehead atoms. The van der Waals surface area contributed by atoms with Gasteiger partial charge in [0.25, 0.3) is 0 Å². The third-order valence-corrected chi connectivity index (χ3v) is 1.82. The SMILES string of the molecule is C=C(C#N)/N=C/C(=C)c1cncc(OC)c1. The standard InChI is InChI=1S/C12H11N3O/c1-9(6-15-10(2)5-13)11-4-12(16-3)8-14-7-11/h4,6-8H,1-2H2,3H3/b15-6+. The average Bonchev–Trinajstić information content (AvgIpc) is 2.35. The zero-order valence-corrected chi connectivity index (χ0v) is 8.97. The quantitative estimate of drug-likeness (QED) is 0.569. The van der Waals surface area contributed by atoms with E-state index in [0.717, 1.165) is 5.56 Å². The van der Waals surface area contributed by atoms with Crippen LogP contribution in [0.5, 0.6) is 5.75 Å². The molecule has 0 spiro atoms. The fourth-order valence-corrected chi connectivity index (χ4v) is 0.965. The number of nitrogens with zero attached hydrogens (tertiary/aromatic N) is 3. The average molecular weight is 213 g/mol. The smallest absolute Gasteiger partial charge is 0.137 e. The summed E-state index contributed by atoms with van der Waals surface area (Å²) in [4.78, 5) is 7.81. The van der Waals surface area contributed by atoms with Gasteiger partial charge in [0, 0.05) is 18.0 Å². The Morgan fingerprint density at radius 3 is 2.94 bits per heavy atom. The van der Waals surface area contributed by atoms with Gasteiger partial charge >= 0.3 is 0 Å². The number of aromatic nitrogens is 1. The third kappa shape index (κ3) is 3.07. The minimum absolute atomic E-state index is 0.136. The second-order valence-electron chi connectivity index (χ2n) is 2.96. The second-order valence-corrected chi connectivity index (χ2v) is 2.96. The lowest BCUT2D eigenvalue weighted by Crippen LogP contribution is -1.89. The summed E-state index contributed by atoms with van der Waals surface area (Å²) in [6.07, 6.45) is 4.72. The molecular formula is C12H11N3O. The summed E-state index contributed by atoms with van der Waals surface area (Å²) in [7, 11) is 1.56. The lowest BCUT2D eigenvalue weighted by atomic mass is 10.1. The number of allylic oxidation sites excluding steroid dienone is 2. The minimum Gasteiger partial charge on any atom is -0.495 e. The highest BCUT2D eigenvalue weighted by Gasteiger charge is 1.99. The molecule has 0 radical (unpaired) electrons. The first-order valence-electron chi connectivity index (χ1n) is 4.48. The number of pyridine rings is 1. The lowest BCUT2D eigenvalue weighted by molar-refractivity contribution is 0.413. The van der Waals surface area contributed by atoms with Gasteiger partial charge in [-0.2, -0.15) is 5.26 Å². The van der Waals surface area contributed by atoms with Crippen LogP contribution in [-0.4, -0.2) is 18.3 Å². The predicted molar refractivity (Wildman–Crippen MR) is 63.1 cm³/mol. The van der Waals surface area contributed by atoms with E-state index in [9.17, 15) is 0 Å². The van der Waals surface area contributed by atoms with Gasteiger partial charge in [-0.3, -0.25) is 4.98 Å². The van der Waals surface area contributed by atoms with Crippen molar-refractivity contribution in [3.63, 3.8) is 0 Å². The Morgan fingerprint density at radius 1 is 1.56 bits per heavy atom. The van der Waals surface area contributed by atoms with Crippen molar-refractivity contribution in [3.8, 4) is 11.8 Å². The molecule has 16 heavy (non-hydrogen) atoms. The van der Waals surface area contributed by atoms with Gasteiger partial charge in [-0.25, -0.2) is 4.99 Å². The molecule has 1 aromatic heterocycles. The van der Waals surface area contributed by atoms with Crippen molar-refractivity contribution >= 4 is 11.8 Å². The zero-order chi connectivity index (χ0) is 12.0. The van der Waals surface area contributed by atoms with Gasteiger partial charge in [0.2, 0.25) is 0 Å². The number of hydrogen-bond donors (Lipinski definition) is 0. The van der Waals surface area contributed by atoms with Gasteiger partial charge < -0.3 is 4.74 Å². The van der Waals surface area contributed by atoms with Gasteiger partial charge in [-0.15, -0.1) is 0 Å². The van der Waals surface area contributed by atoms with Crippen molar-refractivity contribution in [2.75, 3.05) is 7.11 Å². The van der Waals surface area contributed by atoms with Crippen molar-refractivity contribution in [1.29, 1.82) is 5.26 Å². The van der Waals surface area contributed by atoms with Gasteiger partial charge in [0.05, 0.1) is 13.3 Å². The molecule has 0 saturated heterocycles. The Hall–Kier alpha value is -2.41. The highest BCUT2D eigenvalue weighted by molar-refractivity contribution is 6.09. The largest absolute Gasteiger partial charge is 0.495 e. The molecule has 0 aliphatic carbocycles. The van der Waals surface area contributed by atoms with E-state index in [1.54, 1.807) is 25.6 Å². The summed E-state index contributed by atoms with van der Waals surface area (Å²) >= 11 is 0. The molecule has 1 rings (SSSR count). The molecule has 0 saturated carbocycles. The molecule has 0 aliphatic rings. The number of methoxy groups -OCH3 is 1. The van der Waals surface area contributed by atoms with Crippen LogP contribution in [0, 0.1) is 11.3 Å². The molecular weight excluding hydrogens is 202 g/mol. The number of rotatable bonds is 4. The Bertz CT molecular complexity index is 483. The molecule has 4 nitrogen and oxygen atoms in total. The normalized spacial score (nSPS) is 9.75. The maximum absolute atomic E-state index is 8.48. The molecule has 1 aromatic rings. The molecule has 0 amide bonds. The van der Waals surface area contributed by atoms with E-state index < -0.39 is 0 Å². The van der Waals surface area contributed by atoms with Gasteiger partial charge in [0.1, 0.15) is 17.5 Å². The summed E-state index contributed by atoms with van der Waals surface area (Å²) in [5.74, 6) is 0.645. The van der Waals surface area contributed by atoms with Gasteiger partial charge in [-0.05, 0) is 11.6 Å². The van der Waals surface area contributed by atoms with E-state index in [1.807, 2.05) is 6.07 Å². The number of hydrogen-bond acceptors (Lipinski definition) is 4. The number of aliphatic imine (C=N–C) groups is 1. The van der Waals surface area contributed by atoms with Crippen LogP contribution in [0.2, 0.25) is 0 Å². The molecule has 0 atom stereocenters. The first kappa shape index (κ1) is 11.7. The summed E-state index contributed by atoms with van der Waals surface area (Å²) in [5, 5.41) is 8.48. The lowest BCUT2D eigenvalue weighted by Gasteiger charge is -2.02. The molecule has 0 fully saturated rings. The second kappa shape index (κ2) is 5.47. The van der Waals surface area contributed by atoms with Crippen molar-refractivity contribution in [2.24, 2.45) is 4.99 Å². The molecule has 0 unspecified atom stereocenters. The number of ether oxygens (including phenoxy) is 1. The van der Waals surface area contributed by atoms with E-state index in [4.69, 9.17) is 10.00 Å². The van der Waals surface area contributed by atoms with Gasteiger partial charge in [0.15, 0.2) is 0 Å². The predicted octanol–water partition coefficient (Wildman–Crippen LogP) is 2.21. The van der Waals surface area contributed by atoms with E-state index in [-0.39, 0.29) is 5.70 Å². The number of nitriles is 1. The molecule has 4 heteroatoms. The maximum atomic E-state index is 8.48. The Morgan fingerprint density at radius 2 is 2.31 bits per heavy atom. The van der Waals surface area contributed by atoms with Crippen molar-refractivity contribution in [3.05, 3.63) is 42.9 Å². The van der Waals surface area contributed by atoms with Crippen LogP contribution in [0.15, 0.2) is 42.3 Å². The van der Waals surface area contributed by atoms with E-state index in [1.165, 1.54) is 6.21 Å². The van der Waals surface area contributed by atoms with Crippen LogP contribution in [-0.2, 0) is 0 Å². The monoisotopic (exact) mass is 213 g/mol. The fourth-order valence-electron chi connectivity index (χ4n) is 0.965. The first-order chi connectivity index (χ1) is 7.67. The van der Waals surface area contributed by atoms with E-state index >= 15 is 0 Å². The molecule has 0 N–H and O–H groups in total. The molecule has 80 valence electrons. The van der Waals surface area contributed by atoms with Crippen LogP contribution in [0.1, 0.15) is 5.56 Å². The maximum Gasteiger partial charge on any atom is 0.137 e. The van der Waals surface area contributed by atoms with Crippen LogP contribution in [0.3, 0.4) is 0 Å². The first-order valence-corrected chi connectivity index (χ1v) is 4.48. The minimum atomic E-state index is 0.136. The summed E-state index contributed by atoms with van der Waals surface area (Å²) in [5.41, 5.74) is 1.56. The zero-order valence-electron chi connectivity index (χ0n) is 8.97. The Labute approximate surface area is 94.2 Å².